The van der Waals surface area contributed by atoms with E-state index in [0.29, 0.717) is 5.75 Å². The lowest BCUT2D eigenvalue weighted by Gasteiger charge is -2.15. The average Bonchev–Trinajstić information content (AvgIpc) is 2.06. The Morgan fingerprint density at radius 1 is 1.17 bits per heavy atom. The van der Waals surface area contributed by atoms with Crippen LogP contribution in [0.2, 0.25) is 0 Å². The van der Waals surface area contributed by atoms with Crippen LogP contribution in [0.4, 0.5) is 0 Å². The van der Waals surface area contributed by atoms with Crippen molar-refractivity contribution >= 4 is 0 Å². The quantitative estimate of drug-likeness (QED) is 0.538. The van der Waals surface area contributed by atoms with Gasteiger partial charge in [-0.3, -0.25) is 0 Å². The van der Waals surface area contributed by atoms with Crippen molar-refractivity contribution in [2.45, 2.75) is 12.5 Å². The van der Waals surface area contributed by atoms with E-state index in [0.717, 1.165) is 0 Å². The van der Waals surface area contributed by atoms with Gasteiger partial charge in [-0.15, -0.1) is 0 Å². The Bertz CT molecular complexity index is 226. The zero-order valence-corrected chi connectivity index (χ0v) is 6.55. The summed E-state index contributed by atoms with van der Waals surface area (Å²) in [6.45, 7) is 0. The first-order valence-electron chi connectivity index (χ1n) is 3.61. The van der Waals surface area contributed by atoms with Crippen LogP contribution >= 0.6 is 0 Å². The van der Waals surface area contributed by atoms with Crippen LogP contribution in [0.1, 0.15) is 0 Å². The van der Waals surface area contributed by atoms with Crippen molar-refractivity contribution in [2.75, 3.05) is 0 Å². The highest BCUT2D eigenvalue weighted by Crippen LogP contribution is 2.09. The van der Waals surface area contributed by atoms with Crippen molar-refractivity contribution in [1.82, 2.24) is 0 Å². The summed E-state index contributed by atoms with van der Waals surface area (Å²) < 4.78 is 4.98. The fourth-order valence-electron chi connectivity index (χ4n) is 0.717. The Balaban J connectivity index is 2.53. The molecule has 1 unspecified atom stereocenters. The zero-order valence-electron chi connectivity index (χ0n) is 6.55. The molecule has 0 saturated carbocycles. The van der Waals surface area contributed by atoms with E-state index >= 15 is 0 Å². The van der Waals surface area contributed by atoms with E-state index in [-0.39, 0.29) is 0 Å². The third kappa shape index (κ3) is 2.50. The van der Waals surface area contributed by atoms with Gasteiger partial charge >= 0.3 is 0 Å². The van der Waals surface area contributed by atoms with E-state index in [1.54, 1.807) is 24.3 Å². The number of benzene rings is 1. The molecule has 0 fully saturated rings. The summed E-state index contributed by atoms with van der Waals surface area (Å²) in [7, 11) is 0. The van der Waals surface area contributed by atoms with E-state index in [2.05, 4.69) is 0 Å². The molecule has 12 heavy (non-hydrogen) atoms. The van der Waals surface area contributed by atoms with Gasteiger partial charge in [0.1, 0.15) is 11.9 Å². The second-order valence-electron chi connectivity index (χ2n) is 2.40. The Morgan fingerprint density at radius 3 is 2.25 bits per heavy atom. The molecule has 5 N–H and O–H groups in total. The van der Waals surface area contributed by atoms with Gasteiger partial charge in [-0.2, -0.15) is 0 Å². The lowest BCUT2D eigenvalue weighted by molar-refractivity contribution is -0.0347. The van der Waals surface area contributed by atoms with Gasteiger partial charge in [0.05, 0.1) is 0 Å². The maximum absolute atomic E-state index is 9.11. The molecule has 1 aromatic rings. The summed E-state index contributed by atoms with van der Waals surface area (Å²) in [5, 5.41) is 9.11. The molecule has 1 rings (SSSR count). The second kappa shape index (κ2) is 4.06. The smallest absolute Gasteiger partial charge is 0.225 e. The van der Waals surface area contributed by atoms with Crippen LogP contribution in [0.5, 0.6) is 5.75 Å². The van der Waals surface area contributed by atoms with Crippen LogP contribution in [0, 0.1) is 0 Å². The number of hydrogen-bond acceptors (Lipinski definition) is 4. The molecule has 0 aromatic heterocycles. The molecule has 66 valence electrons. The van der Waals surface area contributed by atoms with Crippen molar-refractivity contribution < 1.29 is 9.84 Å². The summed E-state index contributed by atoms with van der Waals surface area (Å²) in [4.78, 5) is 0. The normalized spacial score (nSPS) is 13.0. The molecule has 1 aromatic carbocycles. The predicted octanol–water partition coefficient (Wildman–Crippen LogP) is -0.373. The minimum atomic E-state index is -1.16. The van der Waals surface area contributed by atoms with Crippen LogP contribution in [0.3, 0.4) is 0 Å². The minimum absolute atomic E-state index is 0.547. The predicted molar refractivity (Wildman–Crippen MR) is 45.2 cm³/mol. The molecule has 0 aliphatic rings. The first-order valence-corrected chi connectivity index (χ1v) is 3.61. The van der Waals surface area contributed by atoms with Gasteiger partial charge in [-0.25, -0.2) is 0 Å². The topological polar surface area (TPSA) is 81.5 Å². The lowest BCUT2D eigenvalue weighted by Crippen LogP contribution is -2.45. The SMILES string of the molecule is NC(N)C(O)Oc1ccccc1. The lowest BCUT2D eigenvalue weighted by atomic mass is 10.3. The fourth-order valence-corrected chi connectivity index (χ4v) is 0.717. The Kier molecular flexibility index (Phi) is 3.04. The van der Waals surface area contributed by atoms with Crippen LogP contribution in [-0.4, -0.2) is 17.6 Å². The number of hydrogen-bond donors (Lipinski definition) is 3. The largest absolute Gasteiger partial charge is 0.462 e. The molecule has 0 heterocycles. The Morgan fingerprint density at radius 2 is 1.75 bits per heavy atom. The molecule has 4 heteroatoms. The summed E-state index contributed by atoms with van der Waals surface area (Å²) in [6.07, 6.45) is -2.04. The standard InChI is InChI=1S/C8H12N2O2/c9-7(10)8(11)12-6-4-2-1-3-5-6/h1-5,7-8,11H,9-10H2. The third-order valence-electron chi connectivity index (χ3n) is 1.33. The Labute approximate surface area is 70.7 Å². The number of aliphatic hydroxyl groups is 1. The monoisotopic (exact) mass is 168 g/mol. The van der Waals surface area contributed by atoms with Crippen molar-refractivity contribution in [3.05, 3.63) is 30.3 Å². The van der Waals surface area contributed by atoms with Crippen LogP contribution in [0.25, 0.3) is 0 Å². The van der Waals surface area contributed by atoms with Crippen LogP contribution in [0.15, 0.2) is 30.3 Å². The van der Waals surface area contributed by atoms with Gasteiger partial charge in [0.15, 0.2) is 0 Å². The molecule has 0 aliphatic heterocycles. The first kappa shape index (κ1) is 8.99. The van der Waals surface area contributed by atoms with E-state index < -0.39 is 12.5 Å². The number of aliphatic hydroxyl groups excluding tert-OH is 1. The molecule has 0 amide bonds. The van der Waals surface area contributed by atoms with E-state index in [1.165, 1.54) is 0 Å². The van der Waals surface area contributed by atoms with Crippen molar-refractivity contribution in [3.63, 3.8) is 0 Å². The van der Waals surface area contributed by atoms with E-state index in [9.17, 15) is 0 Å². The summed E-state index contributed by atoms with van der Waals surface area (Å²) in [5.74, 6) is 0.547. The molecule has 1 atom stereocenters. The molecule has 0 bridgehead atoms. The number of nitrogens with two attached hydrogens (primary N) is 2. The van der Waals surface area contributed by atoms with Crippen LogP contribution in [-0.2, 0) is 0 Å². The van der Waals surface area contributed by atoms with Crippen molar-refractivity contribution in [1.29, 1.82) is 0 Å². The number of ether oxygens (including phenoxy) is 1. The minimum Gasteiger partial charge on any atom is -0.462 e. The van der Waals surface area contributed by atoms with Crippen molar-refractivity contribution in [3.8, 4) is 5.75 Å². The highest BCUT2D eigenvalue weighted by Gasteiger charge is 2.10. The second-order valence-corrected chi connectivity index (χ2v) is 2.40. The van der Waals surface area contributed by atoms with Gasteiger partial charge in [-0.05, 0) is 12.1 Å². The zero-order chi connectivity index (χ0) is 8.97. The van der Waals surface area contributed by atoms with Crippen molar-refractivity contribution in [2.24, 2.45) is 11.5 Å². The fraction of sp³-hybridized carbons (Fsp3) is 0.250. The van der Waals surface area contributed by atoms with Gasteiger partial charge in [0, 0.05) is 0 Å². The maximum Gasteiger partial charge on any atom is 0.225 e. The highest BCUT2D eigenvalue weighted by atomic mass is 16.6. The number of para-hydroxylation sites is 1. The first-order chi connectivity index (χ1) is 5.70. The van der Waals surface area contributed by atoms with E-state index in [4.69, 9.17) is 21.3 Å². The van der Waals surface area contributed by atoms with Gasteiger partial charge in [-0.1, -0.05) is 18.2 Å². The molecule has 4 nitrogen and oxygen atoms in total. The summed E-state index contributed by atoms with van der Waals surface area (Å²) >= 11 is 0. The highest BCUT2D eigenvalue weighted by molar-refractivity contribution is 5.21. The summed E-state index contributed by atoms with van der Waals surface area (Å²) in [5.41, 5.74) is 10.4. The molecular weight excluding hydrogens is 156 g/mol. The average molecular weight is 168 g/mol. The summed E-state index contributed by atoms with van der Waals surface area (Å²) in [6, 6.07) is 8.87. The van der Waals surface area contributed by atoms with Gasteiger partial charge in [0.2, 0.25) is 6.29 Å². The molecule has 0 aliphatic carbocycles. The van der Waals surface area contributed by atoms with E-state index in [1.807, 2.05) is 6.07 Å². The maximum atomic E-state index is 9.11. The molecule has 0 spiro atoms. The third-order valence-corrected chi connectivity index (χ3v) is 1.33. The molecule has 0 saturated heterocycles. The van der Waals surface area contributed by atoms with Gasteiger partial charge in [0.25, 0.3) is 0 Å². The Hall–Kier alpha value is -1.10. The van der Waals surface area contributed by atoms with Crippen LogP contribution < -0.4 is 16.2 Å². The number of rotatable bonds is 3. The van der Waals surface area contributed by atoms with Gasteiger partial charge < -0.3 is 21.3 Å². The molecule has 0 radical (unpaired) electrons. The molecular formula is C8H12N2O2.